The lowest BCUT2D eigenvalue weighted by Gasteiger charge is -2.35. The number of hydrogen-bond donors (Lipinski definition) is 1. The minimum absolute atomic E-state index is 0.143. The highest BCUT2D eigenvalue weighted by Gasteiger charge is 2.45. The molecule has 0 aromatic rings. The molecular weight excluding hydrogens is 172 g/mol. The molecule has 1 heteroatoms. The summed E-state index contributed by atoms with van der Waals surface area (Å²) < 4.78 is 0. The number of allylic oxidation sites excluding steroid dienone is 1. The maximum Gasteiger partial charge on any atom is 0.0944 e. The van der Waals surface area contributed by atoms with Gasteiger partial charge >= 0.3 is 0 Å². The fourth-order valence-corrected chi connectivity index (χ4v) is 2.63. The van der Waals surface area contributed by atoms with E-state index in [-0.39, 0.29) is 5.92 Å². The van der Waals surface area contributed by atoms with Gasteiger partial charge in [-0.1, -0.05) is 25.5 Å². The molecular formula is C13H22O. The van der Waals surface area contributed by atoms with Crippen molar-refractivity contribution in [2.45, 2.75) is 46.1 Å². The molecule has 14 heavy (non-hydrogen) atoms. The lowest BCUT2D eigenvalue weighted by molar-refractivity contribution is 0.00883. The second-order valence-electron chi connectivity index (χ2n) is 4.77. The van der Waals surface area contributed by atoms with Crippen molar-refractivity contribution >= 4 is 0 Å². The minimum Gasteiger partial charge on any atom is -0.385 e. The van der Waals surface area contributed by atoms with Gasteiger partial charge in [0.15, 0.2) is 0 Å². The summed E-state index contributed by atoms with van der Waals surface area (Å²) in [5.41, 5.74) is 1.86. The molecule has 1 saturated carbocycles. The van der Waals surface area contributed by atoms with Crippen LogP contribution in [-0.2, 0) is 0 Å². The Hall–Kier alpha value is -0.560. The Morgan fingerprint density at radius 3 is 2.64 bits per heavy atom. The van der Waals surface area contributed by atoms with E-state index in [1.807, 2.05) is 6.08 Å². The number of aliphatic hydroxyl groups is 1. The standard InChI is InChI=1S/C13H22O/c1-6-10(4)13(14)11(5)7-8-12(13)9(2)3/h6,10-11,14H,1,7-8H2,2-5H3/t10-,11-,13-/m0/s1. The highest BCUT2D eigenvalue weighted by Crippen LogP contribution is 2.46. The Morgan fingerprint density at radius 1 is 1.64 bits per heavy atom. The fourth-order valence-electron chi connectivity index (χ4n) is 2.63. The predicted molar refractivity (Wildman–Crippen MR) is 61.1 cm³/mol. The van der Waals surface area contributed by atoms with Crippen molar-refractivity contribution in [3.8, 4) is 0 Å². The van der Waals surface area contributed by atoms with Gasteiger partial charge in [0.25, 0.3) is 0 Å². The third-order valence-corrected chi connectivity index (χ3v) is 3.71. The van der Waals surface area contributed by atoms with Gasteiger partial charge in [0.2, 0.25) is 0 Å². The molecule has 0 amide bonds. The van der Waals surface area contributed by atoms with Crippen LogP contribution < -0.4 is 0 Å². The van der Waals surface area contributed by atoms with Crippen molar-refractivity contribution in [2.75, 3.05) is 0 Å². The van der Waals surface area contributed by atoms with Crippen LogP contribution in [0.5, 0.6) is 0 Å². The molecule has 3 atom stereocenters. The monoisotopic (exact) mass is 194 g/mol. The van der Waals surface area contributed by atoms with Crippen LogP contribution in [0.1, 0.15) is 40.5 Å². The first kappa shape index (κ1) is 11.5. The SMILES string of the molecule is C=C[C@H](C)[C@@]1(O)C(=C(C)C)CC[C@@H]1C. The third-order valence-electron chi connectivity index (χ3n) is 3.71. The van der Waals surface area contributed by atoms with Gasteiger partial charge in [0.1, 0.15) is 0 Å². The summed E-state index contributed by atoms with van der Waals surface area (Å²) in [5, 5.41) is 10.7. The van der Waals surface area contributed by atoms with Gasteiger partial charge in [-0.15, -0.1) is 6.58 Å². The molecule has 0 aromatic carbocycles. The Morgan fingerprint density at radius 2 is 2.21 bits per heavy atom. The summed E-state index contributed by atoms with van der Waals surface area (Å²) in [6, 6.07) is 0. The molecule has 0 aliphatic heterocycles. The van der Waals surface area contributed by atoms with Crippen LogP contribution in [0.25, 0.3) is 0 Å². The molecule has 0 aromatic heterocycles. The fraction of sp³-hybridized carbons (Fsp3) is 0.692. The van der Waals surface area contributed by atoms with Crippen molar-refractivity contribution < 1.29 is 5.11 Å². The van der Waals surface area contributed by atoms with Crippen molar-refractivity contribution in [2.24, 2.45) is 11.8 Å². The average molecular weight is 194 g/mol. The lowest BCUT2D eigenvalue weighted by atomic mass is 9.77. The van der Waals surface area contributed by atoms with E-state index < -0.39 is 5.60 Å². The second-order valence-corrected chi connectivity index (χ2v) is 4.77. The maximum absolute atomic E-state index is 10.7. The molecule has 1 fully saturated rings. The zero-order valence-electron chi connectivity index (χ0n) is 9.80. The first-order chi connectivity index (χ1) is 6.44. The molecule has 0 heterocycles. The molecule has 1 aliphatic rings. The number of rotatable bonds is 2. The first-order valence-corrected chi connectivity index (χ1v) is 5.46. The Labute approximate surface area is 87.5 Å². The smallest absolute Gasteiger partial charge is 0.0944 e. The minimum atomic E-state index is -0.638. The van der Waals surface area contributed by atoms with Crippen LogP contribution in [0.4, 0.5) is 0 Å². The summed E-state index contributed by atoms with van der Waals surface area (Å²) in [5.74, 6) is 0.491. The maximum atomic E-state index is 10.7. The molecule has 1 aliphatic carbocycles. The third kappa shape index (κ3) is 1.54. The van der Waals surface area contributed by atoms with Gasteiger partial charge < -0.3 is 5.11 Å². The average Bonchev–Trinajstić information content (AvgIpc) is 2.43. The zero-order valence-corrected chi connectivity index (χ0v) is 9.80. The molecule has 0 radical (unpaired) electrons. The lowest BCUT2D eigenvalue weighted by Crippen LogP contribution is -2.40. The molecule has 0 spiro atoms. The van der Waals surface area contributed by atoms with Crippen LogP contribution in [0.2, 0.25) is 0 Å². The summed E-state index contributed by atoms with van der Waals surface area (Å²) in [4.78, 5) is 0. The van der Waals surface area contributed by atoms with Gasteiger partial charge in [-0.25, -0.2) is 0 Å². The van der Waals surface area contributed by atoms with Gasteiger partial charge in [-0.05, 0) is 38.2 Å². The van der Waals surface area contributed by atoms with E-state index in [4.69, 9.17) is 0 Å². The van der Waals surface area contributed by atoms with Crippen molar-refractivity contribution in [3.05, 3.63) is 23.8 Å². The van der Waals surface area contributed by atoms with Crippen molar-refractivity contribution in [1.82, 2.24) is 0 Å². The van der Waals surface area contributed by atoms with E-state index >= 15 is 0 Å². The predicted octanol–water partition coefficient (Wildman–Crippen LogP) is 3.31. The van der Waals surface area contributed by atoms with Crippen LogP contribution in [-0.4, -0.2) is 10.7 Å². The van der Waals surface area contributed by atoms with E-state index in [0.717, 1.165) is 12.8 Å². The summed E-state index contributed by atoms with van der Waals surface area (Å²) >= 11 is 0. The normalized spacial score (nSPS) is 34.4. The molecule has 1 nitrogen and oxygen atoms in total. The van der Waals surface area contributed by atoms with E-state index in [9.17, 15) is 5.11 Å². The van der Waals surface area contributed by atoms with Gasteiger partial charge in [0.05, 0.1) is 5.60 Å². The largest absolute Gasteiger partial charge is 0.385 e. The van der Waals surface area contributed by atoms with Crippen LogP contribution in [0.15, 0.2) is 23.8 Å². The Balaban J connectivity index is 3.14. The van der Waals surface area contributed by atoms with E-state index in [1.165, 1.54) is 11.1 Å². The molecule has 0 unspecified atom stereocenters. The molecule has 1 rings (SSSR count). The van der Waals surface area contributed by atoms with Crippen LogP contribution in [0.3, 0.4) is 0 Å². The van der Waals surface area contributed by atoms with Crippen LogP contribution >= 0.6 is 0 Å². The van der Waals surface area contributed by atoms with E-state index in [0.29, 0.717) is 5.92 Å². The van der Waals surface area contributed by atoms with Gasteiger partial charge in [-0.3, -0.25) is 0 Å². The van der Waals surface area contributed by atoms with Crippen molar-refractivity contribution in [1.29, 1.82) is 0 Å². The Bertz CT molecular complexity index is 260. The molecule has 0 saturated heterocycles. The Kier molecular flexibility index (Phi) is 3.20. The highest BCUT2D eigenvalue weighted by atomic mass is 16.3. The topological polar surface area (TPSA) is 20.2 Å². The molecule has 80 valence electrons. The second kappa shape index (κ2) is 3.90. The molecule has 1 N–H and O–H groups in total. The highest BCUT2D eigenvalue weighted by molar-refractivity contribution is 5.29. The van der Waals surface area contributed by atoms with Gasteiger partial charge in [0, 0.05) is 5.92 Å². The first-order valence-electron chi connectivity index (χ1n) is 5.46. The molecule has 0 bridgehead atoms. The van der Waals surface area contributed by atoms with E-state index in [1.54, 1.807) is 0 Å². The number of hydrogen-bond acceptors (Lipinski definition) is 1. The summed E-state index contributed by atoms with van der Waals surface area (Å²) in [7, 11) is 0. The van der Waals surface area contributed by atoms with Crippen molar-refractivity contribution in [3.63, 3.8) is 0 Å². The quantitative estimate of drug-likeness (QED) is 0.669. The van der Waals surface area contributed by atoms with Gasteiger partial charge in [-0.2, -0.15) is 0 Å². The zero-order chi connectivity index (χ0) is 10.9. The van der Waals surface area contributed by atoms with E-state index in [2.05, 4.69) is 34.3 Å². The van der Waals surface area contributed by atoms with Crippen LogP contribution in [0, 0.1) is 11.8 Å². The summed E-state index contributed by atoms with van der Waals surface area (Å²) in [6.45, 7) is 12.2. The summed E-state index contributed by atoms with van der Waals surface area (Å²) in [6.07, 6.45) is 4.00.